The van der Waals surface area contributed by atoms with Gasteiger partial charge in [0.25, 0.3) is 11.8 Å². The van der Waals surface area contributed by atoms with Crippen molar-refractivity contribution in [1.82, 2.24) is 25.4 Å². The van der Waals surface area contributed by atoms with E-state index in [-0.39, 0.29) is 65.9 Å². The number of aromatic nitrogens is 1. The maximum absolute atomic E-state index is 13.9. The van der Waals surface area contributed by atoms with Gasteiger partial charge in [-0.1, -0.05) is 91.0 Å². The Kier molecular flexibility index (Phi) is 14.5. The van der Waals surface area contributed by atoms with E-state index in [1.54, 1.807) is 77.7 Å². The number of likely N-dealkylation sites (tertiary alicyclic amines) is 2. The molecule has 2 saturated heterocycles. The summed E-state index contributed by atoms with van der Waals surface area (Å²) in [6.07, 6.45) is 1.42. The molecule has 342 valence electrons. The van der Waals surface area contributed by atoms with E-state index in [2.05, 4.69) is 32.7 Å². The summed E-state index contributed by atoms with van der Waals surface area (Å²) < 4.78 is 11.8. The van der Waals surface area contributed by atoms with E-state index in [0.29, 0.717) is 53.9 Å². The molecule has 5 aromatic carbocycles. The first-order valence-corrected chi connectivity index (χ1v) is 22.4. The Bertz CT molecular complexity index is 2670. The molecule has 0 aliphatic carbocycles. The molecular weight excluding hydrogens is 839 g/mol. The van der Waals surface area contributed by atoms with Gasteiger partial charge in [0.05, 0.1) is 18.2 Å². The number of amides is 2. The summed E-state index contributed by atoms with van der Waals surface area (Å²) in [7, 11) is 0. The lowest BCUT2D eigenvalue weighted by atomic mass is 9.86. The van der Waals surface area contributed by atoms with Gasteiger partial charge in [0.1, 0.15) is 11.5 Å². The standard InChI is InChI=1S/C52H55N5O9/c58-45-20-18-43(44-19-21-47(60)55-49(44)45)46(59)30-53-29-35-14-16-38(17-15-35)50(62)54-41-24-27-57(32-41)48(61)34-65-42-13-7-12-40(28-42)52(64,39-10-5-2-6-11-39)51(63)66-33-37-22-25-56(26-23-37)31-36-8-3-1-4-9-36/h1-21,28,37,41,46,53,58-59,64H,22-27,29-34H2,(H,54,62)(H,55,60)/t41-,46-,52?/m0/s1. The highest BCUT2D eigenvalue weighted by Gasteiger charge is 2.42. The van der Waals surface area contributed by atoms with Gasteiger partial charge in [0.15, 0.2) is 6.61 Å². The summed E-state index contributed by atoms with van der Waals surface area (Å²) in [6.45, 7) is 3.97. The Hall–Kier alpha value is -6.84. The average molecular weight is 894 g/mol. The summed E-state index contributed by atoms with van der Waals surface area (Å²) in [5, 5.41) is 40.0. The Morgan fingerprint density at radius 3 is 2.29 bits per heavy atom. The Labute approximate surface area is 382 Å². The number of benzene rings is 5. The zero-order valence-corrected chi connectivity index (χ0v) is 36.6. The lowest BCUT2D eigenvalue weighted by Crippen LogP contribution is -2.40. The minimum atomic E-state index is -2.11. The fraction of sp³-hybridized carbons (Fsp3) is 0.308. The molecule has 2 aliphatic heterocycles. The monoisotopic (exact) mass is 893 g/mol. The van der Waals surface area contributed by atoms with Crippen LogP contribution in [-0.4, -0.2) is 99.9 Å². The number of carbonyl (C=O) groups excluding carboxylic acids is 3. The average Bonchev–Trinajstić information content (AvgIpc) is 3.82. The number of ether oxygens (including phenoxy) is 2. The molecule has 0 spiro atoms. The molecule has 8 rings (SSSR count). The molecule has 1 aromatic heterocycles. The molecule has 3 atom stereocenters. The maximum atomic E-state index is 13.9. The number of nitrogens with one attached hydrogen (secondary N) is 3. The molecular formula is C52H55N5O9. The molecule has 3 heterocycles. The van der Waals surface area contributed by atoms with Crippen LogP contribution >= 0.6 is 0 Å². The van der Waals surface area contributed by atoms with Gasteiger partial charge in [0.2, 0.25) is 11.2 Å². The largest absolute Gasteiger partial charge is 0.506 e. The first-order valence-electron chi connectivity index (χ1n) is 22.4. The molecule has 0 bridgehead atoms. The van der Waals surface area contributed by atoms with Crippen LogP contribution in [0.3, 0.4) is 0 Å². The number of aromatic hydroxyl groups is 1. The first kappa shape index (κ1) is 45.7. The Morgan fingerprint density at radius 1 is 0.803 bits per heavy atom. The number of carbonyl (C=O) groups is 3. The fourth-order valence-corrected chi connectivity index (χ4v) is 8.74. The van der Waals surface area contributed by atoms with Crippen LogP contribution in [-0.2, 0) is 33.0 Å². The molecule has 1 unspecified atom stereocenters. The number of H-pyrrole nitrogens is 1. The summed E-state index contributed by atoms with van der Waals surface area (Å²) in [5.41, 5.74) is 1.61. The molecule has 14 nitrogen and oxygen atoms in total. The SMILES string of the molecule is O=C(N[C@H]1CCN(C(=O)COc2cccc(C(O)(C(=O)OCC3CCN(Cc4ccccc4)CC3)c3ccccc3)c2)C1)c1ccc(CNC[C@H](O)c2ccc(O)c3[nH]c(=O)ccc23)cc1. The number of phenolic OH excluding ortho intramolecular Hbond substituents is 1. The lowest BCUT2D eigenvalue weighted by Gasteiger charge is -2.33. The molecule has 2 aliphatic rings. The second kappa shape index (κ2) is 21.0. The van der Waals surface area contributed by atoms with Crippen LogP contribution in [0.25, 0.3) is 10.9 Å². The van der Waals surface area contributed by atoms with E-state index < -0.39 is 17.7 Å². The number of hydrogen-bond acceptors (Lipinski definition) is 11. The predicted octanol–water partition coefficient (Wildman–Crippen LogP) is 5.16. The fourth-order valence-electron chi connectivity index (χ4n) is 8.74. The summed E-state index contributed by atoms with van der Waals surface area (Å²) in [4.78, 5) is 58.8. The van der Waals surface area contributed by atoms with Crippen molar-refractivity contribution < 1.29 is 39.2 Å². The number of aliphatic hydroxyl groups excluding tert-OH is 1. The quantitative estimate of drug-likeness (QED) is 0.0663. The smallest absolute Gasteiger partial charge is 0.347 e. The van der Waals surface area contributed by atoms with E-state index in [4.69, 9.17) is 9.47 Å². The number of esters is 1. The minimum Gasteiger partial charge on any atom is -0.506 e. The Morgan fingerprint density at radius 2 is 1.53 bits per heavy atom. The first-order chi connectivity index (χ1) is 32.0. The summed E-state index contributed by atoms with van der Waals surface area (Å²) >= 11 is 0. The normalized spacial score (nSPS) is 16.9. The highest BCUT2D eigenvalue weighted by molar-refractivity contribution is 5.94. The molecule has 6 N–H and O–H groups in total. The molecule has 66 heavy (non-hydrogen) atoms. The van der Waals surface area contributed by atoms with Gasteiger partial charge in [-0.15, -0.1) is 0 Å². The Balaban J connectivity index is 0.795. The number of phenols is 1. The van der Waals surface area contributed by atoms with Crippen molar-refractivity contribution in [2.24, 2.45) is 5.92 Å². The van der Waals surface area contributed by atoms with Gasteiger partial charge in [-0.05, 0) is 96.9 Å². The second-order valence-corrected chi connectivity index (χ2v) is 17.1. The van der Waals surface area contributed by atoms with Crippen LogP contribution in [0.5, 0.6) is 11.5 Å². The summed E-state index contributed by atoms with van der Waals surface area (Å²) in [6, 6.07) is 38.4. The number of hydrogen-bond donors (Lipinski definition) is 6. The van der Waals surface area contributed by atoms with Gasteiger partial charge in [-0.3, -0.25) is 19.3 Å². The molecule has 0 radical (unpaired) electrons. The van der Waals surface area contributed by atoms with Crippen LogP contribution in [0, 0.1) is 5.92 Å². The van der Waals surface area contributed by atoms with Gasteiger partial charge in [0, 0.05) is 61.3 Å². The molecule has 0 saturated carbocycles. The predicted molar refractivity (Wildman–Crippen MR) is 249 cm³/mol. The van der Waals surface area contributed by atoms with E-state index in [1.807, 2.05) is 36.4 Å². The van der Waals surface area contributed by atoms with E-state index in [1.165, 1.54) is 17.7 Å². The van der Waals surface area contributed by atoms with Crippen molar-refractivity contribution in [3.8, 4) is 11.5 Å². The number of pyridine rings is 1. The third-order valence-electron chi connectivity index (χ3n) is 12.5. The van der Waals surface area contributed by atoms with Crippen molar-refractivity contribution >= 4 is 28.7 Å². The molecule has 2 amide bonds. The van der Waals surface area contributed by atoms with Crippen molar-refractivity contribution in [2.45, 2.75) is 50.1 Å². The number of fused-ring (bicyclic) bond motifs is 1. The van der Waals surface area contributed by atoms with Crippen molar-refractivity contribution in [1.29, 1.82) is 0 Å². The molecule has 14 heteroatoms. The van der Waals surface area contributed by atoms with Gasteiger partial charge in [-0.25, -0.2) is 4.79 Å². The number of aliphatic hydroxyl groups is 2. The number of nitrogens with zero attached hydrogens (tertiary/aromatic N) is 2. The number of aromatic amines is 1. The van der Waals surface area contributed by atoms with Crippen molar-refractivity contribution in [2.75, 3.05) is 45.9 Å². The van der Waals surface area contributed by atoms with Crippen LogP contribution < -0.4 is 20.9 Å². The van der Waals surface area contributed by atoms with Crippen LogP contribution in [0.1, 0.15) is 63.5 Å². The van der Waals surface area contributed by atoms with E-state index in [0.717, 1.165) is 38.0 Å². The zero-order chi connectivity index (χ0) is 46.0. The number of rotatable bonds is 17. The van der Waals surface area contributed by atoms with Gasteiger partial charge >= 0.3 is 5.97 Å². The highest BCUT2D eigenvalue weighted by atomic mass is 16.5. The second-order valence-electron chi connectivity index (χ2n) is 17.1. The maximum Gasteiger partial charge on any atom is 0.347 e. The topological polar surface area (TPSA) is 194 Å². The lowest BCUT2D eigenvalue weighted by molar-refractivity contribution is -0.164. The zero-order valence-electron chi connectivity index (χ0n) is 36.6. The van der Waals surface area contributed by atoms with Gasteiger partial charge < -0.3 is 45.3 Å². The molecule has 2 fully saturated rings. The van der Waals surface area contributed by atoms with E-state index >= 15 is 0 Å². The highest BCUT2D eigenvalue weighted by Crippen LogP contribution is 2.34. The van der Waals surface area contributed by atoms with Gasteiger partial charge in [-0.2, -0.15) is 0 Å². The molecule has 6 aromatic rings. The van der Waals surface area contributed by atoms with Crippen LogP contribution in [0.15, 0.2) is 138 Å². The van der Waals surface area contributed by atoms with Crippen LogP contribution in [0.2, 0.25) is 0 Å². The third-order valence-corrected chi connectivity index (χ3v) is 12.5. The van der Waals surface area contributed by atoms with Crippen molar-refractivity contribution in [3.05, 3.63) is 177 Å². The van der Waals surface area contributed by atoms with Crippen molar-refractivity contribution in [3.63, 3.8) is 0 Å². The minimum absolute atomic E-state index is 0.0761. The van der Waals surface area contributed by atoms with Crippen LogP contribution in [0.4, 0.5) is 0 Å². The number of piperidine rings is 1. The van der Waals surface area contributed by atoms with E-state index in [9.17, 15) is 34.5 Å². The third kappa shape index (κ3) is 11.0. The summed E-state index contributed by atoms with van der Waals surface area (Å²) in [5.74, 6) is -0.901.